The van der Waals surface area contributed by atoms with Crippen molar-refractivity contribution >= 4 is 11.8 Å². The van der Waals surface area contributed by atoms with Gasteiger partial charge in [0.25, 0.3) is 0 Å². The van der Waals surface area contributed by atoms with Crippen molar-refractivity contribution < 1.29 is 14.3 Å². The van der Waals surface area contributed by atoms with Crippen molar-refractivity contribution in [2.24, 2.45) is 0 Å². The minimum Gasteiger partial charge on any atom is -0.466 e. The zero-order chi connectivity index (χ0) is 11.0. The number of hydrogen-bond donors (Lipinski definition) is 0. The minimum absolute atomic E-state index is 0.0767. The molecule has 0 aromatic rings. The first kappa shape index (κ1) is 13.1. The second-order valence-electron chi connectivity index (χ2n) is 2.98. The first-order chi connectivity index (χ1) is 6.63. The molecule has 0 atom stereocenters. The van der Waals surface area contributed by atoms with Gasteiger partial charge in [-0.3, -0.25) is 14.5 Å². The molecular formula is C10H19NO3. The van der Waals surface area contributed by atoms with Crippen molar-refractivity contribution in [3.8, 4) is 0 Å². The van der Waals surface area contributed by atoms with Crippen LogP contribution in [-0.4, -0.2) is 42.9 Å². The number of nitrogens with zero attached hydrogens (tertiary/aromatic N) is 1. The molecule has 4 heteroatoms. The molecule has 0 rings (SSSR count). The van der Waals surface area contributed by atoms with Gasteiger partial charge in [0.1, 0.15) is 6.42 Å². The molecule has 0 saturated heterocycles. The first-order valence-electron chi connectivity index (χ1n) is 5.03. The highest BCUT2D eigenvalue weighted by molar-refractivity contribution is 5.96. The van der Waals surface area contributed by atoms with Crippen LogP contribution in [0.4, 0.5) is 0 Å². The van der Waals surface area contributed by atoms with Crippen LogP contribution in [-0.2, 0) is 14.3 Å². The quantitative estimate of drug-likeness (QED) is 0.452. The fourth-order valence-corrected chi connectivity index (χ4v) is 1.13. The summed E-state index contributed by atoms with van der Waals surface area (Å²) in [6.45, 7) is 8.02. The molecule has 0 aliphatic heterocycles. The summed E-state index contributed by atoms with van der Waals surface area (Å²) < 4.78 is 4.68. The topological polar surface area (TPSA) is 46.6 Å². The molecule has 0 heterocycles. The molecule has 82 valence electrons. The summed E-state index contributed by atoms with van der Waals surface area (Å²) in [7, 11) is 0. The second-order valence-corrected chi connectivity index (χ2v) is 2.98. The highest BCUT2D eigenvalue weighted by atomic mass is 16.5. The van der Waals surface area contributed by atoms with Crippen LogP contribution >= 0.6 is 0 Å². The molecule has 0 fully saturated rings. The van der Waals surface area contributed by atoms with E-state index < -0.39 is 5.97 Å². The third kappa shape index (κ3) is 5.70. The molecular weight excluding hydrogens is 182 g/mol. The van der Waals surface area contributed by atoms with Crippen LogP contribution < -0.4 is 0 Å². The normalized spacial score (nSPS) is 10.3. The van der Waals surface area contributed by atoms with E-state index in [0.717, 1.165) is 13.1 Å². The highest BCUT2D eigenvalue weighted by Gasteiger charge is 2.12. The van der Waals surface area contributed by atoms with E-state index in [0.29, 0.717) is 13.2 Å². The molecule has 0 aromatic carbocycles. The molecule has 0 saturated carbocycles. The van der Waals surface area contributed by atoms with Crippen LogP contribution in [0.5, 0.6) is 0 Å². The molecule has 0 spiro atoms. The van der Waals surface area contributed by atoms with Gasteiger partial charge in [0.05, 0.1) is 13.2 Å². The Balaban J connectivity index is 3.79. The predicted molar refractivity (Wildman–Crippen MR) is 54.0 cm³/mol. The summed E-state index contributed by atoms with van der Waals surface area (Å²) in [4.78, 5) is 24.2. The number of ether oxygens (including phenoxy) is 1. The van der Waals surface area contributed by atoms with Gasteiger partial charge in [-0.05, 0) is 20.0 Å². The zero-order valence-corrected chi connectivity index (χ0v) is 9.21. The van der Waals surface area contributed by atoms with E-state index in [1.807, 2.05) is 18.7 Å². The van der Waals surface area contributed by atoms with Gasteiger partial charge in [-0.1, -0.05) is 13.8 Å². The Morgan fingerprint density at radius 3 is 2.14 bits per heavy atom. The standard InChI is InChI=1S/C10H19NO3/c1-4-11(5-2)8-9(12)7-10(13)14-6-3/h4-8H2,1-3H3. The smallest absolute Gasteiger partial charge is 0.313 e. The molecule has 0 unspecified atom stereocenters. The maximum Gasteiger partial charge on any atom is 0.313 e. The average molecular weight is 201 g/mol. The van der Waals surface area contributed by atoms with Gasteiger partial charge in [0.2, 0.25) is 0 Å². The van der Waals surface area contributed by atoms with Crippen LogP contribution in [0.3, 0.4) is 0 Å². The summed E-state index contributed by atoms with van der Waals surface area (Å²) in [5.74, 6) is -0.503. The van der Waals surface area contributed by atoms with E-state index in [1.54, 1.807) is 6.92 Å². The van der Waals surface area contributed by atoms with Gasteiger partial charge in [-0.15, -0.1) is 0 Å². The Hall–Kier alpha value is -0.900. The van der Waals surface area contributed by atoms with Gasteiger partial charge in [-0.25, -0.2) is 0 Å². The summed E-state index contributed by atoms with van der Waals surface area (Å²) >= 11 is 0. The monoisotopic (exact) mass is 201 g/mol. The Bertz CT molecular complexity index is 188. The molecule has 0 aromatic heterocycles. The number of rotatable bonds is 7. The highest BCUT2D eigenvalue weighted by Crippen LogP contribution is 1.93. The second kappa shape index (κ2) is 7.50. The summed E-state index contributed by atoms with van der Waals surface area (Å²) in [5.41, 5.74) is 0. The molecule has 0 aliphatic rings. The maximum atomic E-state index is 11.3. The Kier molecular flexibility index (Phi) is 7.02. The van der Waals surface area contributed by atoms with Gasteiger partial charge in [0, 0.05) is 0 Å². The third-order valence-corrected chi connectivity index (χ3v) is 1.94. The average Bonchev–Trinajstić information content (AvgIpc) is 2.14. The molecule has 0 N–H and O–H groups in total. The Morgan fingerprint density at radius 2 is 1.71 bits per heavy atom. The van der Waals surface area contributed by atoms with Gasteiger partial charge in [-0.2, -0.15) is 0 Å². The lowest BCUT2D eigenvalue weighted by molar-refractivity contribution is -0.145. The van der Waals surface area contributed by atoms with Crippen molar-refractivity contribution in [3.63, 3.8) is 0 Å². The number of hydrogen-bond acceptors (Lipinski definition) is 4. The van der Waals surface area contributed by atoms with Crippen LogP contribution in [0.1, 0.15) is 27.2 Å². The number of Topliss-reactive ketones (excluding diaryl/α,β-unsaturated/α-hetero) is 1. The lowest BCUT2D eigenvalue weighted by Gasteiger charge is -2.16. The van der Waals surface area contributed by atoms with Crippen LogP contribution in [0.25, 0.3) is 0 Å². The predicted octanol–water partition coefficient (Wildman–Crippen LogP) is 0.851. The fourth-order valence-electron chi connectivity index (χ4n) is 1.13. The number of likely N-dealkylation sites (N-methyl/N-ethyl adjacent to an activating group) is 1. The van der Waals surface area contributed by atoms with Gasteiger partial charge >= 0.3 is 5.97 Å². The van der Waals surface area contributed by atoms with Gasteiger partial charge < -0.3 is 4.74 Å². The van der Waals surface area contributed by atoms with E-state index in [2.05, 4.69) is 4.74 Å². The van der Waals surface area contributed by atoms with E-state index in [-0.39, 0.29) is 12.2 Å². The summed E-state index contributed by atoms with van der Waals surface area (Å²) in [5, 5.41) is 0. The molecule has 0 radical (unpaired) electrons. The van der Waals surface area contributed by atoms with Crippen LogP contribution in [0.2, 0.25) is 0 Å². The lowest BCUT2D eigenvalue weighted by atomic mass is 10.2. The van der Waals surface area contributed by atoms with Crippen LogP contribution in [0, 0.1) is 0 Å². The molecule has 0 amide bonds. The van der Waals surface area contributed by atoms with Crippen molar-refractivity contribution in [2.45, 2.75) is 27.2 Å². The van der Waals surface area contributed by atoms with E-state index in [1.165, 1.54) is 0 Å². The van der Waals surface area contributed by atoms with E-state index in [9.17, 15) is 9.59 Å². The number of carbonyl (C=O) groups is 2. The van der Waals surface area contributed by atoms with Crippen LogP contribution in [0.15, 0.2) is 0 Å². The molecule has 4 nitrogen and oxygen atoms in total. The number of ketones is 1. The third-order valence-electron chi connectivity index (χ3n) is 1.94. The van der Waals surface area contributed by atoms with E-state index in [4.69, 9.17) is 0 Å². The van der Waals surface area contributed by atoms with Crippen molar-refractivity contribution in [2.75, 3.05) is 26.2 Å². The van der Waals surface area contributed by atoms with Crippen molar-refractivity contribution in [1.82, 2.24) is 4.90 Å². The fraction of sp³-hybridized carbons (Fsp3) is 0.800. The molecule has 0 bridgehead atoms. The largest absolute Gasteiger partial charge is 0.466 e. The molecule has 0 aliphatic carbocycles. The Labute approximate surface area is 85.2 Å². The first-order valence-corrected chi connectivity index (χ1v) is 5.03. The van der Waals surface area contributed by atoms with Crippen molar-refractivity contribution in [1.29, 1.82) is 0 Å². The lowest BCUT2D eigenvalue weighted by Crippen LogP contribution is -2.30. The van der Waals surface area contributed by atoms with E-state index >= 15 is 0 Å². The van der Waals surface area contributed by atoms with Crippen molar-refractivity contribution in [3.05, 3.63) is 0 Å². The SMILES string of the molecule is CCOC(=O)CC(=O)CN(CC)CC. The van der Waals surface area contributed by atoms with Gasteiger partial charge in [0.15, 0.2) is 5.78 Å². The Morgan fingerprint density at radius 1 is 1.14 bits per heavy atom. The molecule has 14 heavy (non-hydrogen) atoms. The summed E-state index contributed by atoms with van der Waals surface area (Å²) in [6, 6.07) is 0. The summed E-state index contributed by atoms with van der Waals surface area (Å²) in [6.07, 6.45) is -0.107. The minimum atomic E-state index is -0.426. The maximum absolute atomic E-state index is 11.3. The zero-order valence-electron chi connectivity index (χ0n) is 9.21. The number of esters is 1. The number of carbonyl (C=O) groups excluding carboxylic acids is 2.